The molecule has 2 rings (SSSR count). The normalized spacial score (nSPS) is 12.8. The molecule has 0 spiro atoms. The average Bonchev–Trinajstić information content (AvgIpc) is 2.92. The summed E-state index contributed by atoms with van der Waals surface area (Å²) in [6, 6.07) is 12.9. The van der Waals surface area contributed by atoms with Crippen LogP contribution in [0.15, 0.2) is 54.6 Å². The smallest absolute Gasteiger partial charge is 0.406 e. The van der Waals surface area contributed by atoms with Crippen molar-refractivity contribution in [1.82, 2.24) is 10.2 Å². The zero-order valence-electron chi connectivity index (χ0n) is 22.4. The Balaban J connectivity index is 1.99. The molecule has 0 aliphatic carbocycles. The van der Waals surface area contributed by atoms with Crippen molar-refractivity contribution in [2.75, 3.05) is 26.2 Å². The van der Waals surface area contributed by atoms with E-state index in [1.807, 2.05) is 30.3 Å². The van der Waals surface area contributed by atoms with Crippen LogP contribution in [-0.2, 0) is 27.2 Å². The maximum absolute atomic E-state index is 13.1. The Labute approximate surface area is 232 Å². The van der Waals surface area contributed by atoms with Gasteiger partial charge in [-0.05, 0) is 48.9 Å². The van der Waals surface area contributed by atoms with Crippen LogP contribution >= 0.6 is 0 Å². The lowest BCUT2D eigenvalue weighted by atomic mass is 9.97. The monoisotopic (exact) mass is 565 g/mol. The molecule has 0 heterocycles. The number of ether oxygens (including phenoxy) is 1. The van der Waals surface area contributed by atoms with Gasteiger partial charge in [-0.1, -0.05) is 42.5 Å². The Morgan fingerprint density at radius 2 is 1.45 bits per heavy atom. The van der Waals surface area contributed by atoms with Gasteiger partial charge in [0.25, 0.3) is 0 Å². The van der Waals surface area contributed by atoms with Crippen molar-refractivity contribution in [1.29, 1.82) is 0 Å². The van der Waals surface area contributed by atoms with Crippen molar-refractivity contribution in [3.63, 3.8) is 0 Å². The van der Waals surface area contributed by atoms with Crippen molar-refractivity contribution in [2.24, 2.45) is 17.2 Å². The number of amides is 2. The van der Waals surface area contributed by atoms with E-state index in [-0.39, 0.29) is 56.2 Å². The molecule has 7 N–H and O–H groups in total. The predicted molar refractivity (Wildman–Crippen MR) is 145 cm³/mol. The van der Waals surface area contributed by atoms with Gasteiger partial charge in [-0.2, -0.15) is 0 Å². The molecule has 12 heteroatoms. The van der Waals surface area contributed by atoms with Gasteiger partial charge in [0.1, 0.15) is 5.75 Å². The number of nitrogens with zero attached hydrogens (tertiary/aromatic N) is 1. The third-order valence-electron chi connectivity index (χ3n) is 6.24. The molecule has 0 aliphatic heterocycles. The molecule has 0 radical (unpaired) electrons. The van der Waals surface area contributed by atoms with E-state index >= 15 is 0 Å². The summed E-state index contributed by atoms with van der Waals surface area (Å²) in [6.07, 6.45) is -3.49. The zero-order chi connectivity index (χ0) is 29.5. The summed E-state index contributed by atoms with van der Waals surface area (Å²) in [7, 11) is 0. The summed E-state index contributed by atoms with van der Waals surface area (Å²) in [5.74, 6) is -1.34. The number of alkyl halides is 3. The molecule has 0 aromatic heterocycles. The third kappa shape index (κ3) is 12.1. The summed E-state index contributed by atoms with van der Waals surface area (Å²) in [4.78, 5) is 40.0. The first-order valence-corrected chi connectivity index (χ1v) is 13.2. The Hall–Kier alpha value is -3.48. The van der Waals surface area contributed by atoms with Crippen molar-refractivity contribution in [3.8, 4) is 5.75 Å². The van der Waals surface area contributed by atoms with Crippen LogP contribution in [0.5, 0.6) is 5.75 Å². The van der Waals surface area contributed by atoms with Crippen LogP contribution in [0.4, 0.5) is 13.2 Å². The molecular weight excluding hydrogens is 527 g/mol. The molecule has 9 nitrogen and oxygen atoms in total. The number of rotatable bonds is 17. The number of nitrogens with one attached hydrogen (secondary N) is 1. The molecule has 2 aromatic carbocycles. The van der Waals surface area contributed by atoms with Gasteiger partial charge in [-0.25, -0.2) is 0 Å². The van der Waals surface area contributed by atoms with E-state index in [4.69, 9.17) is 17.2 Å². The van der Waals surface area contributed by atoms with Gasteiger partial charge in [-0.3, -0.25) is 14.4 Å². The third-order valence-corrected chi connectivity index (χ3v) is 6.24. The van der Waals surface area contributed by atoms with E-state index in [9.17, 15) is 27.6 Å². The number of ketones is 1. The molecule has 2 aromatic rings. The number of aryl methyl sites for hydroxylation is 2. The number of halogens is 3. The lowest BCUT2D eigenvalue weighted by Gasteiger charge is -2.23. The topological polar surface area (TPSA) is 154 Å². The lowest BCUT2D eigenvalue weighted by Crippen LogP contribution is -2.49. The summed E-state index contributed by atoms with van der Waals surface area (Å²) in [5.41, 5.74) is 18.8. The minimum Gasteiger partial charge on any atom is -0.406 e. The second kappa shape index (κ2) is 16.6. The van der Waals surface area contributed by atoms with Gasteiger partial charge in [0.15, 0.2) is 5.78 Å². The van der Waals surface area contributed by atoms with Gasteiger partial charge in [0.2, 0.25) is 11.8 Å². The second-order valence-electron chi connectivity index (χ2n) is 9.35. The highest BCUT2D eigenvalue weighted by atomic mass is 19.4. The largest absolute Gasteiger partial charge is 0.573 e. The highest BCUT2D eigenvalue weighted by Crippen LogP contribution is 2.23. The van der Waals surface area contributed by atoms with Crippen LogP contribution in [0.25, 0.3) is 0 Å². The molecular formula is C28H38F3N5O4. The number of hydrogen-bond acceptors (Lipinski definition) is 7. The minimum atomic E-state index is -4.79. The molecule has 2 atom stereocenters. The number of Topliss-reactive ketones (excluding diaryl/α,β-unsaturated/α-hetero) is 1. The fourth-order valence-electron chi connectivity index (χ4n) is 4.09. The number of carbonyl (C=O) groups excluding carboxylic acids is 3. The maximum atomic E-state index is 13.1. The highest BCUT2D eigenvalue weighted by molar-refractivity contribution is 5.91. The van der Waals surface area contributed by atoms with E-state index in [2.05, 4.69) is 10.1 Å². The standard InChI is InChI=1S/C28H38F3N5O4/c29-28(30,31)40-22-10-6-21(7-11-22)9-14-25(37)24(13-8-20-4-2-1-3-5-20)35-27(39)23(34)12-15-26(38)36(18-16-32)19-17-33/h1-7,10-11,23-24H,8-9,12-19,32-34H2,(H,35,39)/t23-,24-/m0/s1. The Morgan fingerprint density at radius 1 is 0.850 bits per heavy atom. The summed E-state index contributed by atoms with van der Waals surface area (Å²) in [5, 5.41) is 2.74. The second-order valence-corrected chi connectivity index (χ2v) is 9.35. The van der Waals surface area contributed by atoms with Crippen LogP contribution in [-0.4, -0.2) is 67.1 Å². The van der Waals surface area contributed by atoms with E-state index in [1.54, 1.807) is 0 Å². The molecule has 0 saturated heterocycles. The van der Waals surface area contributed by atoms with Crippen molar-refractivity contribution < 1.29 is 32.3 Å². The first kappa shape index (κ1) is 32.7. The fraction of sp³-hybridized carbons (Fsp3) is 0.464. The molecule has 0 fully saturated rings. The van der Waals surface area contributed by atoms with Crippen LogP contribution in [0.3, 0.4) is 0 Å². The summed E-state index contributed by atoms with van der Waals surface area (Å²) >= 11 is 0. The van der Waals surface area contributed by atoms with Crippen molar-refractivity contribution in [2.45, 2.75) is 57.0 Å². The number of hydrogen-bond donors (Lipinski definition) is 4. The number of benzene rings is 2. The lowest BCUT2D eigenvalue weighted by molar-refractivity contribution is -0.274. The Kier molecular flexibility index (Phi) is 13.6. The SMILES string of the molecule is NCCN(CCN)C(=O)CC[C@H](N)C(=O)N[C@@H](CCc1ccccc1)C(=O)CCc1ccc(OC(F)(F)F)cc1. The van der Waals surface area contributed by atoms with Gasteiger partial charge in [0, 0.05) is 39.0 Å². The van der Waals surface area contributed by atoms with Gasteiger partial charge in [0.05, 0.1) is 12.1 Å². The summed E-state index contributed by atoms with van der Waals surface area (Å²) in [6.45, 7) is 1.28. The quantitative estimate of drug-likeness (QED) is 0.229. The Bertz CT molecular complexity index is 1060. The van der Waals surface area contributed by atoms with E-state index in [1.165, 1.54) is 29.2 Å². The van der Waals surface area contributed by atoms with Gasteiger partial charge in [-0.15, -0.1) is 13.2 Å². The molecule has 0 saturated carbocycles. The predicted octanol–water partition coefficient (Wildman–Crippen LogP) is 2.06. The van der Waals surface area contributed by atoms with E-state index in [0.717, 1.165) is 5.56 Å². The van der Waals surface area contributed by atoms with E-state index < -0.39 is 24.4 Å². The van der Waals surface area contributed by atoms with Gasteiger partial charge < -0.3 is 32.2 Å². The fourth-order valence-corrected chi connectivity index (χ4v) is 4.09. The van der Waals surface area contributed by atoms with Crippen molar-refractivity contribution >= 4 is 17.6 Å². The zero-order valence-corrected chi connectivity index (χ0v) is 22.4. The molecule has 0 bridgehead atoms. The highest BCUT2D eigenvalue weighted by Gasteiger charge is 2.31. The molecule has 40 heavy (non-hydrogen) atoms. The molecule has 0 unspecified atom stereocenters. The molecule has 0 aliphatic rings. The van der Waals surface area contributed by atoms with Crippen LogP contribution in [0.1, 0.15) is 36.8 Å². The minimum absolute atomic E-state index is 0.0330. The number of nitrogens with two attached hydrogens (primary N) is 3. The van der Waals surface area contributed by atoms with E-state index in [0.29, 0.717) is 31.5 Å². The van der Waals surface area contributed by atoms with Crippen molar-refractivity contribution in [3.05, 3.63) is 65.7 Å². The maximum Gasteiger partial charge on any atom is 0.573 e. The average molecular weight is 566 g/mol. The van der Waals surface area contributed by atoms with Gasteiger partial charge >= 0.3 is 6.36 Å². The molecule has 220 valence electrons. The van der Waals surface area contributed by atoms with Crippen LogP contribution < -0.4 is 27.3 Å². The van der Waals surface area contributed by atoms with Crippen LogP contribution in [0.2, 0.25) is 0 Å². The first-order chi connectivity index (χ1) is 19.0. The number of carbonyl (C=O) groups is 3. The van der Waals surface area contributed by atoms with Crippen LogP contribution in [0, 0.1) is 0 Å². The molecule has 2 amide bonds. The first-order valence-electron chi connectivity index (χ1n) is 13.2. The summed E-state index contributed by atoms with van der Waals surface area (Å²) < 4.78 is 41.0. The Morgan fingerprint density at radius 3 is 2.02 bits per heavy atom.